The molecule has 0 heterocycles. The van der Waals surface area contributed by atoms with Crippen LogP contribution in [-0.4, -0.2) is 25.2 Å². The molecule has 0 aliphatic heterocycles. The first-order chi connectivity index (χ1) is 12.0. The fraction of sp³-hybridized carbons (Fsp3) is 0.409. The van der Waals surface area contributed by atoms with Crippen LogP contribution in [0.2, 0.25) is 0 Å². The summed E-state index contributed by atoms with van der Waals surface area (Å²) in [7, 11) is 1.97. The van der Waals surface area contributed by atoms with Gasteiger partial charge in [-0.3, -0.25) is 4.79 Å². The van der Waals surface area contributed by atoms with Gasteiger partial charge >= 0.3 is 5.97 Å². The molecule has 0 saturated heterocycles. The first-order valence-corrected chi connectivity index (χ1v) is 9.00. The van der Waals surface area contributed by atoms with E-state index in [1.54, 1.807) is 0 Å². The molecular weight excluding hydrogens is 346 g/mol. The molecule has 2 aromatic carbocycles. The summed E-state index contributed by atoms with van der Waals surface area (Å²) in [5, 5.41) is 3.35. The van der Waals surface area contributed by atoms with E-state index < -0.39 is 5.41 Å². The highest BCUT2D eigenvalue weighted by atomic mass is 35.5. The minimum absolute atomic E-state index is 0. The number of hydrogen-bond donors (Lipinski definition) is 1. The summed E-state index contributed by atoms with van der Waals surface area (Å²) < 4.78 is 5.85. The van der Waals surface area contributed by atoms with Crippen molar-refractivity contribution in [3.8, 4) is 0 Å². The van der Waals surface area contributed by atoms with E-state index in [0.29, 0.717) is 0 Å². The van der Waals surface area contributed by atoms with Gasteiger partial charge in [0.05, 0.1) is 5.41 Å². The minimum atomic E-state index is -0.397. The molecule has 0 aliphatic carbocycles. The van der Waals surface area contributed by atoms with Gasteiger partial charge in [-0.1, -0.05) is 67.6 Å². The van der Waals surface area contributed by atoms with Crippen LogP contribution in [0, 0.1) is 0 Å². The normalized spacial score (nSPS) is 13.4. The van der Waals surface area contributed by atoms with E-state index in [2.05, 4.69) is 67.7 Å². The fourth-order valence-electron chi connectivity index (χ4n) is 3.69. The highest BCUT2D eigenvalue weighted by Crippen LogP contribution is 2.42. The molecule has 0 fully saturated rings. The average Bonchev–Trinajstić information content (AvgIpc) is 2.65. The molecule has 0 aromatic heterocycles. The van der Waals surface area contributed by atoms with Crippen molar-refractivity contribution in [2.24, 2.45) is 0 Å². The predicted octanol–water partition coefficient (Wildman–Crippen LogP) is 4.73. The third-order valence-electron chi connectivity index (χ3n) is 4.93. The second-order valence-corrected chi connectivity index (χ2v) is 6.60. The zero-order valence-electron chi connectivity index (χ0n) is 16.1. The third-order valence-corrected chi connectivity index (χ3v) is 4.93. The van der Waals surface area contributed by atoms with Gasteiger partial charge in [-0.15, -0.1) is 12.4 Å². The number of esters is 1. The van der Waals surface area contributed by atoms with Gasteiger partial charge in [-0.25, -0.2) is 0 Å². The van der Waals surface area contributed by atoms with Crippen molar-refractivity contribution >= 4 is 18.4 Å². The Morgan fingerprint density at radius 1 is 1.04 bits per heavy atom. The molecule has 2 rings (SSSR count). The molecule has 0 bridgehead atoms. The number of halogens is 1. The Morgan fingerprint density at radius 3 is 1.85 bits per heavy atom. The van der Waals surface area contributed by atoms with Crippen LogP contribution in [0.4, 0.5) is 0 Å². The van der Waals surface area contributed by atoms with Crippen molar-refractivity contribution in [3.63, 3.8) is 0 Å². The lowest BCUT2D eigenvalue weighted by molar-refractivity contribution is -0.149. The van der Waals surface area contributed by atoms with Crippen LogP contribution in [0.25, 0.3) is 0 Å². The number of nitrogens with one attached hydrogen (secondary N) is 1. The fourth-order valence-corrected chi connectivity index (χ4v) is 3.69. The molecule has 0 radical (unpaired) electrons. The average molecular weight is 376 g/mol. The number of rotatable bonds is 8. The van der Waals surface area contributed by atoms with Gasteiger partial charge in [0.15, 0.2) is 0 Å². The van der Waals surface area contributed by atoms with Crippen molar-refractivity contribution in [1.29, 1.82) is 0 Å². The lowest BCUT2D eigenvalue weighted by atomic mass is 9.66. The van der Waals surface area contributed by atoms with E-state index in [4.69, 9.17) is 4.74 Å². The number of hydrogen-bond acceptors (Lipinski definition) is 3. The molecule has 0 amide bonds. The molecule has 3 nitrogen and oxygen atoms in total. The molecule has 2 aromatic rings. The number of benzene rings is 2. The number of carbonyl (C=O) groups is 1. The van der Waals surface area contributed by atoms with Gasteiger partial charge in [0.25, 0.3) is 0 Å². The molecule has 142 valence electrons. The zero-order chi connectivity index (χ0) is 18.3. The van der Waals surface area contributed by atoms with Gasteiger partial charge in [0.1, 0.15) is 6.10 Å². The summed E-state index contributed by atoms with van der Waals surface area (Å²) in [6, 6.07) is 21.1. The van der Waals surface area contributed by atoms with E-state index in [1.165, 1.54) is 18.1 Å². The van der Waals surface area contributed by atoms with Gasteiger partial charge < -0.3 is 10.1 Å². The van der Waals surface area contributed by atoms with E-state index in [9.17, 15) is 4.79 Å². The van der Waals surface area contributed by atoms with Crippen LogP contribution >= 0.6 is 12.4 Å². The first kappa shape index (κ1) is 22.2. The highest BCUT2D eigenvalue weighted by molar-refractivity contribution is 5.85. The van der Waals surface area contributed by atoms with E-state index >= 15 is 0 Å². The topological polar surface area (TPSA) is 38.3 Å². The molecule has 0 aliphatic rings. The molecular formula is C22H30ClNO2. The number of ether oxygens (including phenoxy) is 1. The van der Waals surface area contributed by atoms with Gasteiger partial charge in [-0.2, -0.15) is 0 Å². The van der Waals surface area contributed by atoms with Crippen molar-refractivity contribution in [2.45, 2.75) is 51.2 Å². The quantitative estimate of drug-likeness (QED) is 0.677. The van der Waals surface area contributed by atoms with Crippen molar-refractivity contribution in [1.82, 2.24) is 5.32 Å². The summed E-state index contributed by atoms with van der Waals surface area (Å²) in [4.78, 5) is 11.8. The van der Waals surface area contributed by atoms with Crippen LogP contribution in [0.5, 0.6) is 0 Å². The van der Waals surface area contributed by atoms with Gasteiger partial charge in [-0.05, 0) is 37.9 Å². The van der Waals surface area contributed by atoms with Crippen LogP contribution in [0.3, 0.4) is 0 Å². The SMILES string of the molecule is CCC(OC(C)=O)C(C[C@H](C)NC)(c1ccccc1)c1ccccc1.Cl. The Labute approximate surface area is 163 Å². The maximum Gasteiger partial charge on any atom is 0.302 e. The largest absolute Gasteiger partial charge is 0.461 e. The first-order valence-electron chi connectivity index (χ1n) is 9.00. The summed E-state index contributed by atoms with van der Waals surface area (Å²) in [6.07, 6.45) is 1.36. The maximum absolute atomic E-state index is 11.8. The molecule has 0 spiro atoms. The van der Waals surface area contributed by atoms with Crippen LogP contribution in [0.15, 0.2) is 60.7 Å². The summed E-state index contributed by atoms with van der Waals surface area (Å²) in [6.45, 7) is 5.74. The van der Waals surface area contributed by atoms with Crippen molar-refractivity contribution < 1.29 is 9.53 Å². The Bertz CT molecular complexity index is 621. The van der Waals surface area contributed by atoms with Crippen molar-refractivity contribution in [3.05, 3.63) is 71.8 Å². The molecule has 26 heavy (non-hydrogen) atoms. The van der Waals surface area contributed by atoms with Crippen LogP contribution in [0.1, 0.15) is 44.7 Å². The third kappa shape index (κ3) is 4.87. The molecule has 2 atom stereocenters. The second-order valence-electron chi connectivity index (χ2n) is 6.60. The smallest absolute Gasteiger partial charge is 0.302 e. The van der Waals surface area contributed by atoms with E-state index in [-0.39, 0.29) is 30.5 Å². The molecule has 1 unspecified atom stereocenters. The summed E-state index contributed by atoms with van der Waals surface area (Å²) in [5.41, 5.74) is 1.96. The van der Waals surface area contributed by atoms with Gasteiger partial charge in [0.2, 0.25) is 0 Å². The molecule has 4 heteroatoms. The number of carbonyl (C=O) groups excluding carboxylic acids is 1. The highest BCUT2D eigenvalue weighted by Gasteiger charge is 2.44. The van der Waals surface area contributed by atoms with Crippen LogP contribution in [-0.2, 0) is 14.9 Å². The van der Waals surface area contributed by atoms with E-state index in [0.717, 1.165) is 12.8 Å². The second kappa shape index (κ2) is 10.3. The Balaban J connectivity index is 0.00000338. The van der Waals surface area contributed by atoms with Crippen LogP contribution < -0.4 is 5.32 Å². The standard InChI is InChI=1S/C22H29NO2.ClH/c1-5-21(25-18(3)24)22(16-17(2)23-4,19-12-8-6-9-13-19)20-14-10-7-11-15-20;/h6-15,17,21,23H,5,16H2,1-4H3;1H/t17-,21?;/m0./s1. The van der Waals surface area contributed by atoms with Gasteiger partial charge in [0, 0.05) is 13.0 Å². The Kier molecular flexibility index (Phi) is 8.83. The molecule has 1 N–H and O–H groups in total. The summed E-state index contributed by atoms with van der Waals surface area (Å²) in [5.74, 6) is -0.236. The maximum atomic E-state index is 11.8. The van der Waals surface area contributed by atoms with E-state index in [1.807, 2.05) is 19.2 Å². The Hall–Kier alpha value is -1.84. The molecule has 0 saturated carbocycles. The monoisotopic (exact) mass is 375 g/mol. The lowest BCUT2D eigenvalue weighted by Crippen LogP contribution is -2.47. The Morgan fingerprint density at radius 2 is 1.50 bits per heavy atom. The predicted molar refractivity (Wildman–Crippen MR) is 110 cm³/mol. The lowest BCUT2D eigenvalue weighted by Gasteiger charge is -2.42. The minimum Gasteiger partial charge on any atom is -0.461 e. The summed E-state index contributed by atoms with van der Waals surface area (Å²) >= 11 is 0. The van der Waals surface area contributed by atoms with Crippen molar-refractivity contribution in [2.75, 3.05) is 7.05 Å². The zero-order valence-corrected chi connectivity index (χ0v) is 16.9.